The van der Waals surface area contributed by atoms with Gasteiger partial charge in [0, 0.05) is 10.0 Å². The highest BCUT2D eigenvalue weighted by Crippen LogP contribution is 2.32. The van der Waals surface area contributed by atoms with Crippen molar-refractivity contribution < 1.29 is 8.42 Å². The van der Waals surface area contributed by atoms with E-state index in [1.807, 2.05) is 0 Å². The van der Waals surface area contributed by atoms with Crippen LogP contribution in [0.3, 0.4) is 0 Å². The number of hydrogen-bond donors (Lipinski definition) is 1. The van der Waals surface area contributed by atoms with Crippen LogP contribution in [0.25, 0.3) is 0 Å². The van der Waals surface area contributed by atoms with Crippen LogP contribution in [0, 0.1) is 0 Å². The molecule has 0 amide bonds. The molecule has 2 aromatic rings. The summed E-state index contributed by atoms with van der Waals surface area (Å²) in [5, 5.41) is 0.875. The van der Waals surface area contributed by atoms with Gasteiger partial charge in [-0.05, 0) is 46.3 Å². The molecule has 106 valence electrons. The van der Waals surface area contributed by atoms with Crippen molar-refractivity contribution in [2.75, 3.05) is 4.72 Å². The first-order valence-corrected chi connectivity index (χ1v) is 8.63. The summed E-state index contributed by atoms with van der Waals surface area (Å²) >= 11 is 20.8. The van der Waals surface area contributed by atoms with Gasteiger partial charge < -0.3 is 0 Å². The second-order valence-electron chi connectivity index (χ2n) is 3.81. The Morgan fingerprint density at radius 2 is 1.60 bits per heavy atom. The van der Waals surface area contributed by atoms with Crippen molar-refractivity contribution in [2.45, 2.75) is 4.90 Å². The van der Waals surface area contributed by atoms with E-state index in [2.05, 4.69) is 20.7 Å². The van der Waals surface area contributed by atoms with Crippen molar-refractivity contribution in [3.05, 3.63) is 55.9 Å². The summed E-state index contributed by atoms with van der Waals surface area (Å²) in [6, 6.07) is 8.94. The molecule has 2 rings (SSSR count). The fraction of sp³-hybridized carbons (Fsp3) is 0. The van der Waals surface area contributed by atoms with E-state index < -0.39 is 10.0 Å². The van der Waals surface area contributed by atoms with Crippen molar-refractivity contribution in [1.29, 1.82) is 0 Å². The summed E-state index contributed by atoms with van der Waals surface area (Å²) in [6.45, 7) is 0. The summed E-state index contributed by atoms with van der Waals surface area (Å²) < 4.78 is 27.4. The predicted molar refractivity (Wildman–Crippen MR) is 86.4 cm³/mol. The smallest absolute Gasteiger partial charge is 0.262 e. The molecule has 0 fully saturated rings. The van der Waals surface area contributed by atoms with E-state index >= 15 is 0 Å². The lowest BCUT2D eigenvalue weighted by Crippen LogP contribution is -2.13. The SMILES string of the molecule is O=S(=O)(Nc1cccc(Cl)c1Br)c1cc(Cl)cc(Cl)c1. The van der Waals surface area contributed by atoms with Crippen molar-refractivity contribution in [1.82, 2.24) is 0 Å². The van der Waals surface area contributed by atoms with Crippen LogP contribution < -0.4 is 4.72 Å². The van der Waals surface area contributed by atoms with E-state index in [0.29, 0.717) is 15.2 Å². The van der Waals surface area contributed by atoms with E-state index in [-0.39, 0.29) is 14.9 Å². The number of nitrogens with one attached hydrogen (secondary N) is 1. The number of sulfonamides is 1. The number of anilines is 1. The van der Waals surface area contributed by atoms with Crippen LogP contribution >= 0.6 is 50.7 Å². The molecule has 8 heteroatoms. The van der Waals surface area contributed by atoms with Crippen LogP contribution in [0.15, 0.2) is 45.8 Å². The lowest BCUT2D eigenvalue weighted by molar-refractivity contribution is 0.601. The molecule has 0 aliphatic heterocycles. The van der Waals surface area contributed by atoms with E-state index in [9.17, 15) is 8.42 Å². The minimum absolute atomic E-state index is 0.0260. The van der Waals surface area contributed by atoms with Gasteiger partial charge in [-0.3, -0.25) is 4.72 Å². The maximum Gasteiger partial charge on any atom is 0.262 e. The maximum atomic E-state index is 12.3. The molecule has 0 aromatic heterocycles. The molecule has 0 atom stereocenters. The zero-order chi connectivity index (χ0) is 14.9. The minimum atomic E-state index is -3.81. The van der Waals surface area contributed by atoms with Crippen LogP contribution in [0.2, 0.25) is 15.1 Å². The molecule has 0 saturated carbocycles. The molecule has 0 bridgehead atoms. The van der Waals surface area contributed by atoms with E-state index in [0.717, 1.165) is 0 Å². The second kappa shape index (κ2) is 6.12. The molecular formula is C12H7BrCl3NO2S. The molecule has 0 radical (unpaired) electrons. The van der Waals surface area contributed by atoms with Gasteiger partial charge in [-0.15, -0.1) is 0 Å². The Hall–Kier alpha value is -0.460. The third kappa shape index (κ3) is 3.59. The average molecular weight is 416 g/mol. The van der Waals surface area contributed by atoms with Crippen LogP contribution in [-0.4, -0.2) is 8.42 Å². The first-order valence-electron chi connectivity index (χ1n) is 5.22. The van der Waals surface area contributed by atoms with Crippen LogP contribution in [-0.2, 0) is 10.0 Å². The molecule has 0 saturated heterocycles. The van der Waals surface area contributed by atoms with Gasteiger partial charge in [0.1, 0.15) is 0 Å². The van der Waals surface area contributed by atoms with Crippen LogP contribution in [0.5, 0.6) is 0 Å². The third-order valence-electron chi connectivity index (χ3n) is 2.34. The highest BCUT2D eigenvalue weighted by molar-refractivity contribution is 9.10. The summed E-state index contributed by atoms with van der Waals surface area (Å²) in [4.78, 5) is -0.0260. The largest absolute Gasteiger partial charge is 0.278 e. The molecule has 0 aliphatic carbocycles. The third-order valence-corrected chi connectivity index (χ3v) is 5.52. The predicted octanol–water partition coefficient (Wildman–Crippen LogP) is 5.21. The van der Waals surface area contributed by atoms with E-state index in [4.69, 9.17) is 34.8 Å². The van der Waals surface area contributed by atoms with Crippen LogP contribution in [0.4, 0.5) is 5.69 Å². The lowest BCUT2D eigenvalue weighted by atomic mass is 10.3. The Bertz CT molecular complexity index is 745. The molecule has 0 spiro atoms. The molecule has 0 aliphatic rings. The van der Waals surface area contributed by atoms with Gasteiger partial charge in [0.2, 0.25) is 0 Å². The van der Waals surface area contributed by atoms with Gasteiger partial charge in [0.25, 0.3) is 10.0 Å². The van der Waals surface area contributed by atoms with Crippen molar-refractivity contribution in [3.8, 4) is 0 Å². The molecule has 0 heterocycles. The summed E-state index contributed by atoms with van der Waals surface area (Å²) in [5.41, 5.74) is 0.327. The fourth-order valence-corrected chi connectivity index (χ4v) is 3.94. The monoisotopic (exact) mass is 413 g/mol. The fourth-order valence-electron chi connectivity index (χ4n) is 1.47. The van der Waals surface area contributed by atoms with Gasteiger partial charge >= 0.3 is 0 Å². The Morgan fingerprint density at radius 1 is 1.00 bits per heavy atom. The molecular weight excluding hydrogens is 408 g/mol. The highest BCUT2D eigenvalue weighted by Gasteiger charge is 2.17. The summed E-state index contributed by atoms with van der Waals surface area (Å²) in [5.74, 6) is 0. The van der Waals surface area contributed by atoms with Crippen molar-refractivity contribution in [2.24, 2.45) is 0 Å². The lowest BCUT2D eigenvalue weighted by Gasteiger charge is -2.11. The standard InChI is InChI=1S/C12H7BrCl3NO2S/c13-12-10(16)2-1-3-11(12)17-20(18,19)9-5-7(14)4-8(15)6-9/h1-6,17H. The van der Waals surface area contributed by atoms with Gasteiger partial charge in [0.15, 0.2) is 0 Å². The quantitative estimate of drug-likeness (QED) is 0.748. The maximum absolute atomic E-state index is 12.3. The average Bonchev–Trinajstić information content (AvgIpc) is 2.33. The Morgan fingerprint density at radius 3 is 2.20 bits per heavy atom. The van der Waals surface area contributed by atoms with Crippen molar-refractivity contribution >= 4 is 66.4 Å². The molecule has 20 heavy (non-hydrogen) atoms. The Balaban J connectivity index is 2.43. The van der Waals surface area contributed by atoms with Crippen molar-refractivity contribution in [3.63, 3.8) is 0 Å². The van der Waals surface area contributed by atoms with Gasteiger partial charge in [-0.25, -0.2) is 8.42 Å². The Labute approximate surface area is 140 Å². The van der Waals surface area contributed by atoms with Gasteiger partial charge in [-0.2, -0.15) is 0 Å². The Kier molecular flexibility index (Phi) is 4.87. The zero-order valence-electron chi connectivity index (χ0n) is 9.70. The number of benzene rings is 2. The first-order chi connectivity index (χ1) is 9.29. The molecule has 1 N–H and O–H groups in total. The van der Waals surface area contributed by atoms with Gasteiger partial charge in [0.05, 0.1) is 20.1 Å². The molecule has 2 aromatic carbocycles. The number of hydrogen-bond acceptors (Lipinski definition) is 2. The van der Waals surface area contributed by atoms with E-state index in [1.165, 1.54) is 18.2 Å². The number of rotatable bonds is 3. The van der Waals surface area contributed by atoms with Gasteiger partial charge in [-0.1, -0.05) is 40.9 Å². The summed E-state index contributed by atoms with van der Waals surface area (Å²) in [6.07, 6.45) is 0. The summed E-state index contributed by atoms with van der Waals surface area (Å²) in [7, 11) is -3.81. The topological polar surface area (TPSA) is 46.2 Å². The first kappa shape index (κ1) is 15.9. The molecule has 3 nitrogen and oxygen atoms in total. The minimum Gasteiger partial charge on any atom is -0.278 e. The normalized spacial score (nSPS) is 11.4. The second-order valence-corrected chi connectivity index (χ2v) is 7.57. The number of halogens is 4. The van der Waals surface area contributed by atoms with E-state index in [1.54, 1.807) is 18.2 Å². The zero-order valence-corrected chi connectivity index (χ0v) is 14.4. The highest BCUT2D eigenvalue weighted by atomic mass is 79.9. The van der Waals surface area contributed by atoms with Crippen LogP contribution in [0.1, 0.15) is 0 Å². The molecule has 0 unspecified atom stereocenters.